The van der Waals surface area contributed by atoms with E-state index in [4.69, 9.17) is 9.26 Å². The summed E-state index contributed by atoms with van der Waals surface area (Å²) in [6.45, 7) is 12.4. The summed E-state index contributed by atoms with van der Waals surface area (Å²) < 4.78 is 11.0. The number of nitrogens with zero attached hydrogens (tertiary/aromatic N) is 4. The van der Waals surface area contributed by atoms with Gasteiger partial charge in [-0.15, -0.1) is 0 Å². The molecule has 166 valence electrons. The third-order valence-corrected chi connectivity index (χ3v) is 4.25. The second-order valence-electron chi connectivity index (χ2n) is 8.80. The molecular formula is C21H32N4O5. The number of benzene rings is 1. The predicted molar refractivity (Wildman–Crippen MR) is 113 cm³/mol. The molecule has 2 aromatic rings. The highest BCUT2D eigenvalue weighted by atomic mass is 16.6. The van der Waals surface area contributed by atoms with Crippen LogP contribution in [-0.4, -0.2) is 63.0 Å². The number of aromatic nitrogens is 2. The Morgan fingerprint density at radius 2 is 1.90 bits per heavy atom. The van der Waals surface area contributed by atoms with Gasteiger partial charge in [0.1, 0.15) is 0 Å². The van der Waals surface area contributed by atoms with E-state index < -0.39 is 11.0 Å². The highest BCUT2D eigenvalue weighted by molar-refractivity contribution is 5.56. The van der Waals surface area contributed by atoms with E-state index >= 15 is 0 Å². The first-order chi connectivity index (χ1) is 14.0. The van der Waals surface area contributed by atoms with Crippen LogP contribution in [0.2, 0.25) is 0 Å². The Morgan fingerprint density at radius 3 is 2.47 bits per heavy atom. The summed E-state index contributed by atoms with van der Waals surface area (Å²) in [7, 11) is 0. The molecule has 1 aromatic heterocycles. The number of non-ortho nitro benzene ring substituents is 1. The maximum Gasteiger partial charge on any atom is 0.269 e. The Morgan fingerprint density at radius 1 is 1.23 bits per heavy atom. The number of nitro groups is 1. The molecule has 0 amide bonds. The van der Waals surface area contributed by atoms with Crippen molar-refractivity contribution in [3.63, 3.8) is 0 Å². The van der Waals surface area contributed by atoms with Gasteiger partial charge in [0.15, 0.2) is 0 Å². The summed E-state index contributed by atoms with van der Waals surface area (Å²) >= 11 is 0. The van der Waals surface area contributed by atoms with Crippen molar-refractivity contribution in [2.75, 3.05) is 26.2 Å². The Bertz CT molecular complexity index is 798. The molecule has 1 N–H and O–H groups in total. The summed E-state index contributed by atoms with van der Waals surface area (Å²) in [6, 6.07) is 6.03. The van der Waals surface area contributed by atoms with Crippen LogP contribution in [0.25, 0.3) is 11.4 Å². The average molecular weight is 421 g/mol. The number of nitro benzene ring substituents is 1. The van der Waals surface area contributed by atoms with Crippen molar-refractivity contribution in [2.45, 2.75) is 52.7 Å². The predicted octanol–water partition coefficient (Wildman–Crippen LogP) is 3.32. The van der Waals surface area contributed by atoms with Crippen molar-refractivity contribution in [3.05, 3.63) is 40.3 Å². The summed E-state index contributed by atoms with van der Waals surface area (Å²) in [5.41, 5.74) is 0.382. The highest BCUT2D eigenvalue weighted by Gasteiger charge is 2.18. The van der Waals surface area contributed by atoms with Crippen molar-refractivity contribution in [1.82, 2.24) is 15.0 Å². The van der Waals surface area contributed by atoms with Crippen LogP contribution >= 0.6 is 0 Å². The molecule has 9 nitrogen and oxygen atoms in total. The molecule has 1 aromatic carbocycles. The van der Waals surface area contributed by atoms with Crippen LogP contribution in [0, 0.1) is 16.0 Å². The molecule has 0 saturated heterocycles. The molecule has 0 aliphatic rings. The molecular weight excluding hydrogens is 388 g/mol. The molecule has 0 bridgehead atoms. The monoisotopic (exact) mass is 420 g/mol. The Kier molecular flexibility index (Phi) is 8.45. The Hall–Kier alpha value is -2.36. The van der Waals surface area contributed by atoms with Crippen LogP contribution in [0.1, 0.15) is 40.5 Å². The molecule has 1 unspecified atom stereocenters. The fraction of sp³-hybridized carbons (Fsp3) is 0.619. The lowest BCUT2D eigenvalue weighted by atomic mass is 10.1. The molecule has 30 heavy (non-hydrogen) atoms. The average Bonchev–Trinajstić information content (AvgIpc) is 3.12. The van der Waals surface area contributed by atoms with E-state index in [0.717, 1.165) is 6.54 Å². The minimum absolute atomic E-state index is 0.0146. The largest absolute Gasteiger partial charge is 0.389 e. The Labute approximate surface area is 177 Å². The van der Waals surface area contributed by atoms with E-state index in [2.05, 4.69) is 28.9 Å². The van der Waals surface area contributed by atoms with E-state index in [0.29, 0.717) is 42.7 Å². The second kappa shape index (κ2) is 10.6. The van der Waals surface area contributed by atoms with Crippen molar-refractivity contribution >= 4 is 5.69 Å². The maximum atomic E-state index is 10.8. The van der Waals surface area contributed by atoms with Crippen molar-refractivity contribution in [3.8, 4) is 11.4 Å². The zero-order valence-corrected chi connectivity index (χ0v) is 18.4. The van der Waals surface area contributed by atoms with Crippen LogP contribution in [0.3, 0.4) is 0 Å². The molecule has 2 rings (SSSR count). The lowest BCUT2D eigenvalue weighted by molar-refractivity contribution is -0.384. The van der Waals surface area contributed by atoms with Crippen LogP contribution in [0.4, 0.5) is 5.69 Å². The number of ether oxygens (including phenoxy) is 1. The molecule has 0 saturated carbocycles. The van der Waals surface area contributed by atoms with Gasteiger partial charge in [0.05, 0.1) is 23.2 Å². The van der Waals surface area contributed by atoms with Crippen LogP contribution in [-0.2, 0) is 11.2 Å². The molecule has 0 aliphatic heterocycles. The third kappa shape index (κ3) is 8.17. The standard InChI is InChI=1S/C21H32N4O5/c1-15(2)12-24(13-18(26)14-29-21(3,4)5)11-10-19-22-20(23-30-19)16-6-8-17(9-7-16)25(27)28/h6-9,15,18,26H,10-14H2,1-5H3. The number of aliphatic hydroxyl groups excluding tert-OH is 1. The third-order valence-electron chi connectivity index (χ3n) is 4.25. The topological polar surface area (TPSA) is 115 Å². The summed E-state index contributed by atoms with van der Waals surface area (Å²) in [4.78, 5) is 16.9. The van der Waals surface area contributed by atoms with Gasteiger partial charge in [-0.25, -0.2) is 0 Å². The van der Waals surface area contributed by atoms with E-state index in [1.807, 2.05) is 20.8 Å². The fourth-order valence-electron chi connectivity index (χ4n) is 2.93. The van der Waals surface area contributed by atoms with Crippen LogP contribution < -0.4 is 0 Å². The van der Waals surface area contributed by atoms with E-state index in [-0.39, 0.29) is 17.9 Å². The fourth-order valence-corrected chi connectivity index (χ4v) is 2.93. The van der Waals surface area contributed by atoms with E-state index in [1.54, 1.807) is 12.1 Å². The second-order valence-corrected chi connectivity index (χ2v) is 8.80. The lowest BCUT2D eigenvalue weighted by Gasteiger charge is -2.28. The highest BCUT2D eigenvalue weighted by Crippen LogP contribution is 2.20. The quantitative estimate of drug-likeness (QED) is 0.435. The first kappa shape index (κ1) is 23.9. The smallest absolute Gasteiger partial charge is 0.269 e. The normalized spacial score (nSPS) is 13.2. The molecule has 1 heterocycles. The van der Waals surface area contributed by atoms with Gasteiger partial charge < -0.3 is 14.4 Å². The zero-order chi connectivity index (χ0) is 22.3. The molecule has 1 atom stereocenters. The number of hydrogen-bond acceptors (Lipinski definition) is 8. The summed E-state index contributed by atoms with van der Waals surface area (Å²) in [5, 5.41) is 25.1. The minimum atomic E-state index is -0.582. The first-order valence-electron chi connectivity index (χ1n) is 10.2. The maximum absolute atomic E-state index is 10.8. The lowest BCUT2D eigenvalue weighted by Crippen LogP contribution is -2.39. The van der Waals surface area contributed by atoms with Crippen molar-refractivity contribution < 1.29 is 19.3 Å². The van der Waals surface area contributed by atoms with Gasteiger partial charge in [-0.05, 0) is 38.8 Å². The van der Waals surface area contributed by atoms with Gasteiger partial charge in [-0.1, -0.05) is 19.0 Å². The zero-order valence-electron chi connectivity index (χ0n) is 18.4. The van der Waals surface area contributed by atoms with Gasteiger partial charge in [-0.3, -0.25) is 15.0 Å². The van der Waals surface area contributed by atoms with Gasteiger partial charge in [0, 0.05) is 43.8 Å². The minimum Gasteiger partial charge on any atom is -0.389 e. The molecule has 0 aliphatic carbocycles. The van der Waals surface area contributed by atoms with E-state index in [1.165, 1.54) is 12.1 Å². The van der Waals surface area contributed by atoms with Crippen molar-refractivity contribution in [2.24, 2.45) is 5.92 Å². The van der Waals surface area contributed by atoms with Crippen LogP contribution in [0.5, 0.6) is 0 Å². The molecule has 0 spiro atoms. The first-order valence-corrected chi connectivity index (χ1v) is 10.2. The van der Waals surface area contributed by atoms with E-state index in [9.17, 15) is 15.2 Å². The summed E-state index contributed by atoms with van der Waals surface area (Å²) in [6.07, 6.45) is -0.0409. The summed E-state index contributed by atoms with van der Waals surface area (Å²) in [5.74, 6) is 1.32. The molecule has 0 fully saturated rings. The number of hydrogen-bond donors (Lipinski definition) is 1. The van der Waals surface area contributed by atoms with Gasteiger partial charge in [0.2, 0.25) is 11.7 Å². The van der Waals surface area contributed by atoms with Crippen molar-refractivity contribution in [1.29, 1.82) is 0 Å². The number of aliphatic hydroxyl groups is 1. The molecule has 9 heteroatoms. The SMILES string of the molecule is CC(C)CN(CCc1nc(-c2ccc([N+](=O)[O-])cc2)no1)CC(O)COC(C)(C)C. The van der Waals surface area contributed by atoms with Crippen LogP contribution in [0.15, 0.2) is 28.8 Å². The van der Waals surface area contributed by atoms with Gasteiger partial charge in [0.25, 0.3) is 5.69 Å². The van der Waals surface area contributed by atoms with Gasteiger partial charge in [-0.2, -0.15) is 4.98 Å². The molecule has 0 radical (unpaired) electrons. The Balaban J connectivity index is 1.94. The van der Waals surface area contributed by atoms with Gasteiger partial charge >= 0.3 is 0 Å². The number of rotatable bonds is 11.